The van der Waals surface area contributed by atoms with Crippen molar-refractivity contribution in [2.75, 3.05) is 6.61 Å². The molecule has 0 aliphatic heterocycles. The van der Waals surface area contributed by atoms with Crippen molar-refractivity contribution in [3.05, 3.63) is 59.3 Å². The Morgan fingerprint density at radius 3 is 2.19 bits per heavy atom. The minimum atomic E-state index is -3.42. The largest absolute Gasteiger partial charge is 0.491 e. The molecule has 1 heterocycles. The van der Waals surface area contributed by atoms with Gasteiger partial charge in [0.2, 0.25) is 0 Å². The number of benzene rings is 1. The lowest BCUT2D eigenvalue weighted by atomic mass is 10.1. The third-order valence-corrected chi connectivity index (χ3v) is 7.51. The first-order chi connectivity index (χ1) is 17.7. The van der Waals surface area contributed by atoms with Gasteiger partial charge in [-0.3, -0.25) is 9.11 Å². The lowest BCUT2D eigenvalue weighted by Gasteiger charge is -2.31. The lowest BCUT2D eigenvalue weighted by molar-refractivity contribution is -0.131. The second kappa shape index (κ2) is 16.1. The zero-order chi connectivity index (χ0) is 27.1. The fourth-order valence-electron chi connectivity index (χ4n) is 3.89. The average molecular weight is 534 g/mol. The monoisotopic (exact) mass is 533 g/mol. The van der Waals surface area contributed by atoms with Crippen molar-refractivity contribution in [1.29, 1.82) is 0 Å². The van der Waals surface area contributed by atoms with Crippen LogP contribution in [-0.4, -0.2) is 42.8 Å². The van der Waals surface area contributed by atoms with Gasteiger partial charge in [-0.25, -0.2) is 14.6 Å². The number of aliphatic carboxylic acids is 1. The van der Waals surface area contributed by atoms with E-state index in [1.54, 1.807) is 12.1 Å². The highest BCUT2D eigenvalue weighted by molar-refractivity contribution is 8.23. The number of hydrogen-bond donors (Lipinski definition) is 4. The predicted octanol–water partition coefficient (Wildman–Crippen LogP) is 7.49. The molecule has 0 spiro atoms. The van der Waals surface area contributed by atoms with E-state index in [-0.39, 0.29) is 22.0 Å². The Morgan fingerprint density at radius 1 is 0.919 bits per heavy atom. The SMILES string of the molecule is CCCCCCCCCCCCOc1ccc(S(O)(O)Cc2cccc(C(=O)O)c2)nc1C=CC(=O)O. The van der Waals surface area contributed by atoms with Crippen LogP contribution in [0, 0.1) is 0 Å². The first-order valence-corrected chi connectivity index (χ1v) is 14.6. The quantitative estimate of drug-likeness (QED) is 0.114. The molecule has 37 heavy (non-hydrogen) atoms. The number of rotatable bonds is 18. The van der Waals surface area contributed by atoms with Crippen LogP contribution in [0.3, 0.4) is 0 Å². The Labute approximate surface area is 220 Å². The number of carboxylic acids is 2. The number of carbonyl (C=O) groups is 2. The van der Waals surface area contributed by atoms with Crippen molar-refractivity contribution in [3.63, 3.8) is 0 Å². The van der Waals surface area contributed by atoms with Crippen molar-refractivity contribution in [2.24, 2.45) is 0 Å². The summed E-state index contributed by atoms with van der Waals surface area (Å²) in [5, 5.41) is 18.2. The summed E-state index contributed by atoms with van der Waals surface area (Å²) in [6.45, 7) is 2.67. The first-order valence-electron chi connectivity index (χ1n) is 12.9. The number of carboxylic acid groups (broad SMARTS) is 2. The molecule has 0 radical (unpaired) electrons. The van der Waals surface area contributed by atoms with Gasteiger partial charge in [0.15, 0.2) is 0 Å². The van der Waals surface area contributed by atoms with Crippen molar-refractivity contribution in [3.8, 4) is 5.75 Å². The van der Waals surface area contributed by atoms with Crippen molar-refractivity contribution >= 4 is 28.6 Å². The summed E-state index contributed by atoms with van der Waals surface area (Å²) >= 11 is 0. The van der Waals surface area contributed by atoms with E-state index in [1.807, 2.05) is 0 Å². The van der Waals surface area contributed by atoms with E-state index in [0.29, 0.717) is 17.9 Å². The number of ether oxygens (including phenoxy) is 1. The van der Waals surface area contributed by atoms with Gasteiger partial charge < -0.3 is 14.9 Å². The molecule has 8 nitrogen and oxygen atoms in total. The minimum absolute atomic E-state index is 0.0236. The van der Waals surface area contributed by atoms with Crippen LogP contribution < -0.4 is 4.74 Å². The van der Waals surface area contributed by atoms with Crippen molar-refractivity contribution < 1.29 is 33.6 Å². The Kier molecular flexibility index (Phi) is 13.2. The average Bonchev–Trinajstić information content (AvgIpc) is 2.86. The highest BCUT2D eigenvalue weighted by Gasteiger charge is 2.21. The number of nitrogens with zero attached hydrogens (tertiary/aromatic N) is 1. The molecule has 0 fully saturated rings. The van der Waals surface area contributed by atoms with Crippen LogP contribution in [0.4, 0.5) is 0 Å². The van der Waals surface area contributed by atoms with Gasteiger partial charge in [0.05, 0.1) is 17.9 Å². The van der Waals surface area contributed by atoms with E-state index < -0.39 is 22.5 Å². The summed E-state index contributed by atoms with van der Waals surface area (Å²) in [6.07, 6.45) is 14.2. The molecule has 0 aliphatic carbocycles. The summed E-state index contributed by atoms with van der Waals surface area (Å²) in [7, 11) is -3.42. The van der Waals surface area contributed by atoms with E-state index >= 15 is 0 Å². The van der Waals surface area contributed by atoms with Crippen LogP contribution in [0.15, 0.2) is 47.5 Å². The van der Waals surface area contributed by atoms with Gasteiger partial charge in [-0.05, 0) is 42.3 Å². The molecule has 0 bridgehead atoms. The van der Waals surface area contributed by atoms with Crippen molar-refractivity contribution in [1.82, 2.24) is 4.98 Å². The van der Waals surface area contributed by atoms with Crippen molar-refractivity contribution in [2.45, 2.75) is 81.9 Å². The first kappa shape index (κ1) is 30.3. The number of aromatic nitrogens is 1. The maximum atomic E-state index is 11.2. The van der Waals surface area contributed by atoms with Crippen LogP contribution in [0.2, 0.25) is 0 Å². The van der Waals surface area contributed by atoms with Gasteiger partial charge >= 0.3 is 11.9 Å². The van der Waals surface area contributed by atoms with Gasteiger partial charge in [0, 0.05) is 6.08 Å². The third-order valence-electron chi connectivity index (χ3n) is 5.88. The second-order valence-corrected chi connectivity index (χ2v) is 11.1. The van der Waals surface area contributed by atoms with Crippen LogP contribution in [0.25, 0.3) is 6.08 Å². The third kappa shape index (κ3) is 11.4. The molecule has 0 amide bonds. The zero-order valence-corrected chi connectivity index (χ0v) is 22.3. The van der Waals surface area contributed by atoms with Crippen LogP contribution in [0.1, 0.15) is 92.7 Å². The van der Waals surface area contributed by atoms with Gasteiger partial charge in [0.25, 0.3) is 0 Å². The molecular formula is C28H39NO7S. The fraction of sp³-hybridized carbons (Fsp3) is 0.464. The molecule has 4 N–H and O–H groups in total. The maximum absolute atomic E-state index is 11.2. The predicted molar refractivity (Wildman–Crippen MR) is 146 cm³/mol. The van der Waals surface area contributed by atoms with Gasteiger partial charge in [-0.15, -0.1) is 10.6 Å². The van der Waals surface area contributed by atoms with E-state index in [1.165, 1.54) is 75.3 Å². The van der Waals surface area contributed by atoms with Gasteiger partial charge in [-0.1, -0.05) is 76.8 Å². The summed E-state index contributed by atoms with van der Waals surface area (Å²) in [6, 6.07) is 8.95. The molecular weight excluding hydrogens is 494 g/mol. The smallest absolute Gasteiger partial charge is 0.335 e. The number of pyridine rings is 1. The zero-order valence-electron chi connectivity index (χ0n) is 21.5. The number of hydrogen-bond acceptors (Lipinski definition) is 6. The van der Waals surface area contributed by atoms with E-state index in [0.717, 1.165) is 25.3 Å². The summed E-state index contributed by atoms with van der Waals surface area (Å²) in [4.78, 5) is 26.6. The molecule has 2 aromatic rings. The Hall–Kier alpha value is -2.88. The molecule has 9 heteroatoms. The van der Waals surface area contributed by atoms with Crippen LogP contribution in [0.5, 0.6) is 5.75 Å². The van der Waals surface area contributed by atoms with E-state index in [4.69, 9.17) is 9.84 Å². The molecule has 1 aromatic heterocycles. The number of aromatic carboxylic acids is 1. The Balaban J connectivity index is 1.97. The lowest BCUT2D eigenvalue weighted by Crippen LogP contribution is -2.08. The summed E-state index contributed by atoms with van der Waals surface area (Å²) in [5.41, 5.74) is 0.665. The number of unbranched alkanes of at least 4 members (excludes halogenated alkanes) is 9. The Bertz CT molecular complexity index is 1040. The highest BCUT2D eigenvalue weighted by atomic mass is 32.3. The maximum Gasteiger partial charge on any atom is 0.335 e. The fourth-order valence-corrected chi connectivity index (χ4v) is 5.21. The van der Waals surface area contributed by atoms with Gasteiger partial charge in [0.1, 0.15) is 16.5 Å². The molecule has 0 atom stereocenters. The summed E-state index contributed by atoms with van der Waals surface area (Å²) < 4.78 is 27.4. The highest BCUT2D eigenvalue weighted by Crippen LogP contribution is 2.50. The molecule has 204 valence electrons. The molecule has 0 aliphatic rings. The molecule has 1 aromatic carbocycles. The summed E-state index contributed by atoms with van der Waals surface area (Å²) in [5.74, 6) is -2.13. The molecule has 0 saturated heterocycles. The molecule has 2 rings (SSSR count). The normalized spacial score (nSPS) is 12.1. The minimum Gasteiger partial charge on any atom is -0.491 e. The van der Waals surface area contributed by atoms with Crippen LogP contribution in [-0.2, 0) is 10.5 Å². The topological polar surface area (TPSA) is 137 Å². The standard InChI is InChI=1S/C28H39NO7S/c1-2-3-4-5-6-7-8-9-10-11-19-36-25-16-17-26(29-24(25)15-18-27(30)31)37(34,35)21-22-13-12-14-23(20-22)28(32)33/h12-18,20,34-35H,2-11,19,21H2,1H3,(H,30,31)(H,32,33). The Morgan fingerprint density at radius 2 is 1.57 bits per heavy atom. The van der Waals surface area contributed by atoms with Crippen LogP contribution >= 0.6 is 10.6 Å². The van der Waals surface area contributed by atoms with Gasteiger partial charge in [-0.2, -0.15) is 0 Å². The second-order valence-electron chi connectivity index (χ2n) is 9.05. The van der Waals surface area contributed by atoms with E-state index in [9.17, 15) is 23.8 Å². The van der Waals surface area contributed by atoms with E-state index in [2.05, 4.69) is 11.9 Å². The molecule has 0 saturated carbocycles. The molecule has 0 unspecified atom stereocenters.